The molecule has 17 heteroatoms. The van der Waals surface area contributed by atoms with Gasteiger partial charge >= 0.3 is 25.7 Å². The maximum Gasteiger partial charge on any atom is 0.459 e. The SMILES string of the molecule is CCC(CC)COC(=O)C1(N[P@](=O)(OC[C@H]2O[C@@](C#N)(c3ccc4c(N)ncnn34)[C@H](OC(=O)C(C)C)[C@@H]2OC(=O)C(C)C)Oc2ccccc2)CCC1. The van der Waals surface area contributed by atoms with Gasteiger partial charge in [-0.15, -0.1) is 0 Å². The number of esters is 3. The zero-order valence-electron chi connectivity index (χ0n) is 31.4. The van der Waals surface area contributed by atoms with Crippen molar-refractivity contribution < 1.29 is 46.9 Å². The molecule has 0 bridgehead atoms. The molecule has 1 aliphatic carbocycles. The van der Waals surface area contributed by atoms with E-state index in [2.05, 4.69) is 21.2 Å². The lowest BCUT2D eigenvalue weighted by Gasteiger charge is -2.41. The van der Waals surface area contributed by atoms with Gasteiger partial charge in [0.25, 0.3) is 0 Å². The number of rotatable bonds is 17. The van der Waals surface area contributed by atoms with Gasteiger partial charge in [0.2, 0.25) is 5.60 Å². The number of para-hydroxylation sites is 1. The lowest BCUT2D eigenvalue weighted by atomic mass is 9.78. The first kappa shape index (κ1) is 40.6. The minimum atomic E-state index is -4.50. The molecule has 0 unspecified atom stereocenters. The molecular weight excluding hydrogens is 719 g/mol. The normalized spacial score (nSPS) is 23.1. The van der Waals surface area contributed by atoms with Crippen LogP contribution in [0.15, 0.2) is 48.8 Å². The van der Waals surface area contributed by atoms with Crippen LogP contribution in [-0.4, -0.2) is 69.6 Å². The maximum absolute atomic E-state index is 14.8. The number of hydrogen-bond donors (Lipinski definition) is 2. The summed E-state index contributed by atoms with van der Waals surface area (Å²) >= 11 is 0. The van der Waals surface area contributed by atoms with Gasteiger partial charge in [-0.2, -0.15) is 15.4 Å². The molecule has 3 aromatic rings. The van der Waals surface area contributed by atoms with Crippen molar-refractivity contribution in [3.8, 4) is 11.8 Å². The fourth-order valence-corrected chi connectivity index (χ4v) is 7.96. The van der Waals surface area contributed by atoms with Gasteiger partial charge in [-0.25, -0.2) is 14.1 Å². The second kappa shape index (κ2) is 16.9. The average molecular weight is 769 g/mol. The van der Waals surface area contributed by atoms with E-state index >= 15 is 0 Å². The van der Waals surface area contributed by atoms with Crippen molar-refractivity contribution >= 4 is 37.0 Å². The first-order valence-corrected chi connectivity index (χ1v) is 19.8. The van der Waals surface area contributed by atoms with Crippen LogP contribution in [0.3, 0.4) is 0 Å². The van der Waals surface area contributed by atoms with Crippen LogP contribution in [0.25, 0.3) is 5.52 Å². The third-order valence-electron chi connectivity index (χ3n) is 9.80. The van der Waals surface area contributed by atoms with Crippen molar-refractivity contribution in [2.24, 2.45) is 17.8 Å². The standard InChI is InChI=1S/C37H49N6O10P/c1-7-25(8-2)19-48-35(46)36(17-12-18-36)42-54(47,53-26-13-10-9-11-14-26)49-20-28-30(50-33(44)23(3)4)31(51-34(45)24(5)6)37(21-38,52-28)29-16-15-27-32(39)40-22-41-43(27)29/h9-11,13-16,22-25,28,30-31H,7-8,12,17-20H2,1-6H3,(H,42,47)(H2,39,40,41)/t28-,30-,31-,37+,54+/m1/s1. The van der Waals surface area contributed by atoms with Crippen molar-refractivity contribution in [3.63, 3.8) is 0 Å². The molecular formula is C37H49N6O10P. The first-order chi connectivity index (χ1) is 25.7. The van der Waals surface area contributed by atoms with Gasteiger partial charge in [-0.05, 0) is 49.4 Å². The van der Waals surface area contributed by atoms with Crippen LogP contribution in [0.4, 0.5) is 5.82 Å². The zero-order valence-corrected chi connectivity index (χ0v) is 32.3. The van der Waals surface area contributed by atoms with Crippen molar-refractivity contribution in [3.05, 3.63) is 54.5 Å². The average Bonchev–Trinajstić information content (AvgIpc) is 3.70. The molecule has 1 saturated heterocycles. The number of aromatic nitrogens is 3. The Morgan fingerprint density at radius 3 is 2.31 bits per heavy atom. The quantitative estimate of drug-likeness (QED) is 0.102. The summed E-state index contributed by atoms with van der Waals surface area (Å²) in [6.07, 6.45) is -0.290. The number of nitrogens with two attached hydrogens (primary N) is 1. The molecule has 54 heavy (non-hydrogen) atoms. The minimum Gasteiger partial charge on any atom is -0.464 e. The molecule has 5 rings (SSSR count). The number of carbonyl (C=O) groups excluding carboxylic acids is 3. The summed E-state index contributed by atoms with van der Waals surface area (Å²) in [4.78, 5) is 44.1. The first-order valence-electron chi connectivity index (χ1n) is 18.3. The molecule has 2 fully saturated rings. The van der Waals surface area contributed by atoms with E-state index < -0.39 is 73.5 Å². The predicted octanol–water partition coefficient (Wildman–Crippen LogP) is 5.26. The Labute approximate surface area is 314 Å². The second-order valence-corrected chi connectivity index (χ2v) is 15.9. The highest BCUT2D eigenvalue weighted by Crippen LogP contribution is 2.52. The van der Waals surface area contributed by atoms with E-state index in [-0.39, 0.29) is 29.8 Å². The Kier molecular flexibility index (Phi) is 12.7. The lowest BCUT2D eigenvalue weighted by Crippen LogP contribution is -2.57. The largest absolute Gasteiger partial charge is 0.464 e. The number of nitrogens with zero attached hydrogens (tertiary/aromatic N) is 4. The molecule has 2 aromatic heterocycles. The number of hydrogen-bond acceptors (Lipinski definition) is 14. The Hall–Kier alpha value is -4.55. The molecule has 0 radical (unpaired) electrons. The fraction of sp³-hybridized carbons (Fsp3) is 0.568. The highest BCUT2D eigenvalue weighted by Gasteiger charge is 2.63. The molecule has 1 aromatic carbocycles. The van der Waals surface area contributed by atoms with E-state index in [0.717, 1.165) is 12.8 Å². The smallest absolute Gasteiger partial charge is 0.459 e. The molecule has 16 nitrogen and oxygen atoms in total. The number of anilines is 1. The Balaban J connectivity index is 1.54. The lowest BCUT2D eigenvalue weighted by molar-refractivity contribution is -0.173. The number of nitrogens with one attached hydrogen (secondary N) is 1. The van der Waals surface area contributed by atoms with Gasteiger partial charge in [-0.1, -0.05) is 72.6 Å². The number of ether oxygens (including phenoxy) is 4. The van der Waals surface area contributed by atoms with Crippen molar-refractivity contribution in [2.75, 3.05) is 18.9 Å². The van der Waals surface area contributed by atoms with Gasteiger partial charge in [0.05, 0.1) is 30.7 Å². The van der Waals surface area contributed by atoms with E-state index in [4.69, 9.17) is 33.7 Å². The third-order valence-corrected chi connectivity index (χ3v) is 11.4. The Bertz CT molecular complexity index is 1890. The summed E-state index contributed by atoms with van der Waals surface area (Å²) in [7, 11) is -4.50. The molecule has 3 N–H and O–H groups in total. The highest BCUT2D eigenvalue weighted by molar-refractivity contribution is 7.52. The van der Waals surface area contributed by atoms with Crippen LogP contribution in [0.2, 0.25) is 0 Å². The van der Waals surface area contributed by atoms with Crippen LogP contribution in [0.1, 0.15) is 79.3 Å². The molecule has 0 spiro atoms. The molecule has 0 amide bonds. The number of fused-ring (bicyclic) bond motifs is 1. The number of benzene rings is 1. The number of carbonyl (C=O) groups is 3. The van der Waals surface area contributed by atoms with Crippen LogP contribution in [0.5, 0.6) is 5.75 Å². The van der Waals surface area contributed by atoms with Crippen LogP contribution in [0, 0.1) is 29.1 Å². The number of nitriles is 1. The van der Waals surface area contributed by atoms with Gasteiger partial charge in [0.15, 0.2) is 18.0 Å². The fourth-order valence-electron chi connectivity index (χ4n) is 6.22. The van der Waals surface area contributed by atoms with Gasteiger partial charge in [0.1, 0.15) is 35.3 Å². The molecule has 1 saturated carbocycles. The van der Waals surface area contributed by atoms with Crippen molar-refractivity contribution in [2.45, 2.75) is 103 Å². The van der Waals surface area contributed by atoms with Crippen LogP contribution < -0.4 is 15.3 Å². The van der Waals surface area contributed by atoms with Gasteiger partial charge in [0, 0.05) is 0 Å². The monoisotopic (exact) mass is 768 g/mol. The van der Waals surface area contributed by atoms with Gasteiger partial charge in [-0.3, -0.25) is 18.9 Å². The summed E-state index contributed by atoms with van der Waals surface area (Å²) in [5, 5.41) is 18.1. The van der Waals surface area contributed by atoms with E-state index in [1.165, 1.54) is 16.9 Å². The van der Waals surface area contributed by atoms with Crippen molar-refractivity contribution in [1.29, 1.82) is 5.26 Å². The summed E-state index contributed by atoms with van der Waals surface area (Å²) in [6.45, 7) is 10.1. The maximum atomic E-state index is 14.8. The molecule has 2 aliphatic rings. The third kappa shape index (κ3) is 8.39. The Morgan fingerprint density at radius 1 is 1.06 bits per heavy atom. The topological polar surface area (TPSA) is 216 Å². The molecule has 292 valence electrons. The van der Waals surface area contributed by atoms with Gasteiger partial charge < -0.3 is 29.2 Å². The predicted molar refractivity (Wildman–Crippen MR) is 194 cm³/mol. The molecule has 3 heterocycles. The van der Waals surface area contributed by atoms with Crippen LogP contribution in [-0.2, 0) is 48.0 Å². The zero-order chi connectivity index (χ0) is 39.3. The highest BCUT2D eigenvalue weighted by atomic mass is 31.2. The summed E-state index contributed by atoms with van der Waals surface area (Å²) in [5.74, 6) is -2.80. The second-order valence-electron chi connectivity index (χ2n) is 14.3. The van der Waals surface area contributed by atoms with Crippen LogP contribution >= 0.6 is 7.75 Å². The summed E-state index contributed by atoms with van der Waals surface area (Å²) in [5.41, 5.74) is 3.01. The van der Waals surface area contributed by atoms with E-state index in [1.54, 1.807) is 64.1 Å². The molecule has 1 aliphatic heterocycles. The summed E-state index contributed by atoms with van der Waals surface area (Å²) < 4.78 is 52.3. The molecule has 5 atom stereocenters. The van der Waals surface area contributed by atoms with E-state index in [9.17, 15) is 24.2 Å². The summed E-state index contributed by atoms with van der Waals surface area (Å²) in [6, 6.07) is 13.5. The van der Waals surface area contributed by atoms with Crippen molar-refractivity contribution in [1.82, 2.24) is 19.7 Å². The minimum absolute atomic E-state index is 0.0965. The van der Waals surface area contributed by atoms with E-state index in [0.29, 0.717) is 24.8 Å². The number of nitrogen functional groups attached to an aromatic ring is 1. The van der Waals surface area contributed by atoms with E-state index in [1.807, 2.05) is 13.8 Å². The Morgan fingerprint density at radius 2 is 1.72 bits per heavy atom.